The van der Waals surface area contributed by atoms with Crippen molar-refractivity contribution in [3.05, 3.63) is 40.4 Å². The molecule has 0 aromatic heterocycles. The van der Waals surface area contributed by atoms with Crippen LogP contribution in [0.4, 0.5) is 13.2 Å². The van der Waals surface area contributed by atoms with E-state index in [0.717, 1.165) is 25.0 Å². The maximum atomic E-state index is 12.9. The number of alkyl halides is 3. The fraction of sp³-hybridized carbons (Fsp3) is 0.438. The van der Waals surface area contributed by atoms with Gasteiger partial charge in [-0.25, -0.2) is 0 Å². The lowest BCUT2D eigenvalue weighted by Crippen LogP contribution is -2.18. The highest BCUT2D eigenvalue weighted by Gasteiger charge is 2.37. The molecule has 1 atom stereocenters. The third-order valence-corrected chi connectivity index (χ3v) is 4.59. The van der Waals surface area contributed by atoms with Crippen molar-refractivity contribution in [3.8, 4) is 0 Å². The van der Waals surface area contributed by atoms with Crippen molar-refractivity contribution < 1.29 is 22.7 Å². The number of ketones is 1. The predicted octanol–water partition coefficient (Wildman–Crippen LogP) is 4.05. The van der Waals surface area contributed by atoms with Crippen molar-refractivity contribution >= 4 is 23.1 Å². The molecule has 0 fully saturated rings. The van der Waals surface area contributed by atoms with Crippen LogP contribution < -0.4 is 5.32 Å². The Hall–Kier alpha value is -1.47. The number of hydrogen-bond acceptors (Lipinski definition) is 4. The second kappa shape index (κ2) is 7.40. The van der Waals surface area contributed by atoms with E-state index in [1.54, 1.807) is 7.05 Å². The van der Waals surface area contributed by atoms with Gasteiger partial charge in [0.25, 0.3) is 0 Å². The maximum absolute atomic E-state index is 12.9. The van der Waals surface area contributed by atoms with E-state index in [9.17, 15) is 18.0 Å². The standard InChI is InChI=1S/C16H18F3NO2S/c1-3-4-8-22-15-13(21)12(14(20-2)23-15)10-6-5-7-11(9-10)16(17,18)19/h5-7,9,15,20H,3-4,8H2,1-2H3. The summed E-state index contributed by atoms with van der Waals surface area (Å²) >= 11 is 1.20. The van der Waals surface area contributed by atoms with Crippen LogP contribution in [0.15, 0.2) is 29.3 Å². The minimum absolute atomic E-state index is 0.253. The van der Waals surface area contributed by atoms with E-state index in [2.05, 4.69) is 5.32 Å². The van der Waals surface area contributed by atoms with Gasteiger partial charge in [0, 0.05) is 13.7 Å². The number of ether oxygens (including phenoxy) is 1. The molecule has 0 radical (unpaired) electrons. The molecule has 1 aromatic rings. The van der Waals surface area contributed by atoms with Crippen LogP contribution in [0.1, 0.15) is 30.9 Å². The molecule has 1 N–H and O–H groups in total. The zero-order chi connectivity index (χ0) is 17.0. The summed E-state index contributed by atoms with van der Waals surface area (Å²) in [6.07, 6.45) is -2.67. The lowest BCUT2D eigenvalue weighted by atomic mass is 10.0. The highest BCUT2D eigenvalue weighted by molar-refractivity contribution is 8.05. The summed E-state index contributed by atoms with van der Waals surface area (Å²) in [4.78, 5) is 12.5. The summed E-state index contributed by atoms with van der Waals surface area (Å²) in [7, 11) is 1.64. The van der Waals surface area contributed by atoms with Crippen LogP contribution in [-0.2, 0) is 15.7 Å². The van der Waals surface area contributed by atoms with Gasteiger partial charge >= 0.3 is 6.18 Å². The summed E-state index contributed by atoms with van der Waals surface area (Å²) in [5.41, 5.74) is -0.965. The molecule has 3 nitrogen and oxygen atoms in total. The zero-order valence-corrected chi connectivity index (χ0v) is 13.7. The summed E-state index contributed by atoms with van der Waals surface area (Å²) < 4.78 is 44.1. The van der Waals surface area contributed by atoms with Gasteiger partial charge in [-0.2, -0.15) is 13.2 Å². The van der Waals surface area contributed by atoms with Crippen molar-refractivity contribution in [3.63, 3.8) is 0 Å². The van der Waals surface area contributed by atoms with Crippen molar-refractivity contribution in [1.29, 1.82) is 0 Å². The Bertz CT molecular complexity index is 614. The lowest BCUT2D eigenvalue weighted by molar-refractivity contribution is -0.137. The van der Waals surface area contributed by atoms with Crippen LogP contribution >= 0.6 is 11.8 Å². The second-order valence-corrected chi connectivity index (χ2v) is 6.14. The molecule has 1 unspecified atom stereocenters. The molecule has 0 saturated carbocycles. The molecule has 1 aliphatic heterocycles. The SMILES string of the molecule is CCCCOC1SC(NC)=C(c2cccc(C(F)(F)F)c2)C1=O. The molecule has 0 amide bonds. The lowest BCUT2D eigenvalue weighted by Gasteiger charge is -2.11. The van der Waals surface area contributed by atoms with Crippen molar-refractivity contribution in [2.45, 2.75) is 31.4 Å². The normalized spacial score (nSPS) is 18.7. The molecule has 0 aliphatic carbocycles. The van der Waals surface area contributed by atoms with Crippen LogP contribution in [0.3, 0.4) is 0 Å². The number of carbonyl (C=O) groups excluding carboxylic acids is 1. The first-order valence-electron chi connectivity index (χ1n) is 7.30. The van der Waals surface area contributed by atoms with E-state index < -0.39 is 17.2 Å². The molecule has 7 heteroatoms. The highest BCUT2D eigenvalue weighted by atomic mass is 32.2. The van der Waals surface area contributed by atoms with Gasteiger partial charge < -0.3 is 10.1 Å². The number of Topliss-reactive ketones (excluding diaryl/α,β-unsaturated/α-hetero) is 1. The fourth-order valence-corrected chi connectivity index (χ4v) is 3.26. The van der Waals surface area contributed by atoms with Crippen LogP contribution in [0, 0.1) is 0 Å². The largest absolute Gasteiger partial charge is 0.416 e. The molecule has 1 heterocycles. The summed E-state index contributed by atoms with van der Waals surface area (Å²) in [5.74, 6) is -0.297. The van der Waals surface area contributed by atoms with Gasteiger partial charge in [0.1, 0.15) is 0 Å². The van der Waals surface area contributed by atoms with Gasteiger partial charge in [0.15, 0.2) is 5.44 Å². The predicted molar refractivity (Wildman–Crippen MR) is 84.7 cm³/mol. The van der Waals surface area contributed by atoms with Crippen LogP contribution in [0.25, 0.3) is 5.57 Å². The quantitative estimate of drug-likeness (QED) is 0.790. The Balaban J connectivity index is 2.28. The van der Waals surface area contributed by atoms with E-state index in [4.69, 9.17) is 4.74 Å². The Labute approximate surface area is 137 Å². The van der Waals surface area contributed by atoms with Gasteiger partial charge in [-0.15, -0.1) is 0 Å². The molecule has 23 heavy (non-hydrogen) atoms. The van der Waals surface area contributed by atoms with Crippen molar-refractivity contribution in [2.24, 2.45) is 0 Å². The van der Waals surface area contributed by atoms with E-state index in [1.807, 2.05) is 6.92 Å². The number of thioether (sulfide) groups is 1. The monoisotopic (exact) mass is 345 g/mol. The number of hydrogen-bond donors (Lipinski definition) is 1. The molecule has 0 bridgehead atoms. The van der Waals surface area contributed by atoms with E-state index in [1.165, 1.54) is 23.9 Å². The molecular formula is C16H18F3NO2S. The number of rotatable bonds is 6. The van der Waals surface area contributed by atoms with Crippen molar-refractivity contribution in [2.75, 3.05) is 13.7 Å². The smallest absolute Gasteiger partial charge is 0.382 e. The van der Waals surface area contributed by atoms with Gasteiger partial charge in [0.2, 0.25) is 5.78 Å². The first kappa shape index (κ1) is 17.9. The average Bonchev–Trinajstić information content (AvgIpc) is 2.83. The minimum atomic E-state index is -4.44. The minimum Gasteiger partial charge on any atom is -0.382 e. The van der Waals surface area contributed by atoms with Crippen LogP contribution in [0.2, 0.25) is 0 Å². The number of benzene rings is 1. The van der Waals surface area contributed by atoms with E-state index in [-0.39, 0.29) is 16.9 Å². The molecular weight excluding hydrogens is 327 g/mol. The molecule has 1 aromatic carbocycles. The second-order valence-electron chi connectivity index (χ2n) is 5.07. The Morgan fingerprint density at radius 2 is 2.09 bits per heavy atom. The van der Waals surface area contributed by atoms with Crippen LogP contribution in [0.5, 0.6) is 0 Å². The first-order valence-corrected chi connectivity index (χ1v) is 8.18. The third kappa shape index (κ3) is 4.09. The zero-order valence-electron chi connectivity index (χ0n) is 12.9. The Morgan fingerprint density at radius 3 is 2.70 bits per heavy atom. The molecule has 1 aliphatic rings. The molecule has 0 spiro atoms. The number of carbonyl (C=O) groups is 1. The van der Waals surface area contributed by atoms with E-state index >= 15 is 0 Å². The van der Waals surface area contributed by atoms with Gasteiger partial charge in [0.05, 0.1) is 16.2 Å². The van der Waals surface area contributed by atoms with Crippen LogP contribution in [-0.4, -0.2) is 24.9 Å². The number of unbranched alkanes of at least 4 members (excludes halogenated alkanes) is 1. The Kier molecular flexibility index (Phi) is 5.75. The fourth-order valence-electron chi connectivity index (χ4n) is 2.20. The summed E-state index contributed by atoms with van der Waals surface area (Å²) in [6.45, 7) is 2.46. The molecule has 0 saturated heterocycles. The highest BCUT2D eigenvalue weighted by Crippen LogP contribution is 2.40. The topological polar surface area (TPSA) is 38.3 Å². The first-order chi connectivity index (χ1) is 10.9. The van der Waals surface area contributed by atoms with Gasteiger partial charge in [-0.3, -0.25) is 4.79 Å². The molecule has 2 rings (SSSR count). The Morgan fingerprint density at radius 1 is 1.35 bits per heavy atom. The number of nitrogens with one attached hydrogen (secondary N) is 1. The van der Waals surface area contributed by atoms with Gasteiger partial charge in [-0.1, -0.05) is 37.2 Å². The molecule has 126 valence electrons. The van der Waals surface area contributed by atoms with Crippen molar-refractivity contribution in [1.82, 2.24) is 5.32 Å². The summed E-state index contributed by atoms with van der Waals surface area (Å²) in [6, 6.07) is 4.81. The van der Waals surface area contributed by atoms with Gasteiger partial charge in [-0.05, 0) is 24.1 Å². The maximum Gasteiger partial charge on any atom is 0.416 e. The third-order valence-electron chi connectivity index (χ3n) is 3.39. The summed E-state index contributed by atoms with van der Waals surface area (Å²) in [5, 5.41) is 3.42. The average molecular weight is 345 g/mol. The number of halogens is 3. The van der Waals surface area contributed by atoms with E-state index in [0.29, 0.717) is 11.6 Å².